The van der Waals surface area contributed by atoms with Gasteiger partial charge in [-0.05, 0) is 0 Å². The molecule has 1 heterocycles. The third-order valence-electron chi connectivity index (χ3n) is 5.49. The molecule has 0 amide bonds. The molecular weight excluding hydrogens is 359 g/mol. The van der Waals surface area contributed by atoms with Gasteiger partial charge >= 0.3 is 167 Å². The molecule has 0 bridgehead atoms. The molecule has 1 aromatic heterocycles. The van der Waals surface area contributed by atoms with Crippen molar-refractivity contribution in [2.75, 3.05) is 0 Å². The summed E-state index contributed by atoms with van der Waals surface area (Å²) in [5, 5.41) is 4.19. The van der Waals surface area contributed by atoms with Crippen molar-refractivity contribution in [3.05, 3.63) is 114 Å². The number of aryl methyl sites for hydroxylation is 2. The van der Waals surface area contributed by atoms with Crippen LogP contribution < -0.4 is 15.9 Å². The summed E-state index contributed by atoms with van der Waals surface area (Å²) in [4.78, 5) is 9.51. The van der Waals surface area contributed by atoms with Crippen LogP contribution in [-0.2, 0) is 6.16 Å². The molecule has 0 spiro atoms. The van der Waals surface area contributed by atoms with E-state index in [9.17, 15) is 0 Å². The van der Waals surface area contributed by atoms with Crippen LogP contribution in [0.3, 0.4) is 0 Å². The molecule has 0 unspecified atom stereocenters. The van der Waals surface area contributed by atoms with Gasteiger partial charge in [0.25, 0.3) is 0 Å². The zero-order valence-electron chi connectivity index (χ0n) is 16.3. The van der Waals surface area contributed by atoms with Crippen LogP contribution in [0.4, 0.5) is 0 Å². The van der Waals surface area contributed by atoms with E-state index in [0.717, 1.165) is 23.2 Å². The van der Waals surface area contributed by atoms with Crippen LogP contribution in [0, 0.1) is 13.8 Å². The van der Waals surface area contributed by atoms with Crippen molar-refractivity contribution in [1.29, 1.82) is 0 Å². The van der Waals surface area contributed by atoms with Crippen molar-refractivity contribution in [2.45, 2.75) is 20.0 Å². The summed E-state index contributed by atoms with van der Waals surface area (Å²) in [6, 6.07) is 32.8. The van der Waals surface area contributed by atoms with Gasteiger partial charge in [-0.3, -0.25) is 0 Å². The average molecular weight is 384 g/mol. The normalized spacial score (nSPS) is 11.9. The molecule has 0 aliphatic rings. The minimum absolute atomic E-state index is 0.888. The summed E-state index contributed by atoms with van der Waals surface area (Å²) in [7, 11) is -2.31. The van der Waals surface area contributed by atoms with Gasteiger partial charge in [0.1, 0.15) is 0 Å². The first-order valence-electron chi connectivity index (χ1n) is 9.66. The Morgan fingerprint density at radius 2 is 1.04 bits per heavy atom. The zero-order valence-corrected chi connectivity index (χ0v) is 17.3. The zero-order chi connectivity index (χ0) is 19.4. The van der Waals surface area contributed by atoms with Crippen LogP contribution in [0.2, 0.25) is 0 Å². The Morgan fingerprint density at radius 1 is 0.607 bits per heavy atom. The maximum absolute atomic E-state index is 4.91. The molecule has 0 saturated heterocycles. The summed E-state index contributed by atoms with van der Waals surface area (Å²) in [6.07, 6.45) is 2.85. The number of rotatable bonds is 5. The van der Waals surface area contributed by atoms with Crippen LogP contribution >= 0.6 is 7.26 Å². The minimum atomic E-state index is -2.31. The third-order valence-corrected chi connectivity index (χ3v) is 10.3. The second kappa shape index (κ2) is 8.04. The first-order chi connectivity index (χ1) is 13.7. The molecule has 3 heteroatoms. The van der Waals surface area contributed by atoms with Crippen LogP contribution in [-0.4, -0.2) is 9.97 Å². The molecule has 0 radical (unpaired) electrons. The number of aromatic nitrogens is 2. The molecule has 28 heavy (non-hydrogen) atoms. The summed E-state index contributed by atoms with van der Waals surface area (Å²) in [6.45, 7) is 4.06. The van der Waals surface area contributed by atoms with Gasteiger partial charge in [-0.2, -0.15) is 0 Å². The Morgan fingerprint density at radius 3 is 1.43 bits per heavy atom. The van der Waals surface area contributed by atoms with Crippen molar-refractivity contribution >= 4 is 23.2 Å². The standard InChI is InChI=1S/C25H25N2P/c1-20-21(2)27-22(18-26-20)19-28(23-12-6-3-7-13-23,24-14-8-4-9-15-24)25-16-10-5-11-17-25/h3-18,28H,19H2,1-2H3. The summed E-state index contributed by atoms with van der Waals surface area (Å²) in [5.74, 6) is 0. The van der Waals surface area contributed by atoms with E-state index in [2.05, 4.69) is 96.0 Å². The number of benzene rings is 3. The second-order valence-electron chi connectivity index (χ2n) is 7.21. The SMILES string of the molecule is Cc1ncc(C[PH](c2ccccc2)(c2ccccc2)c2ccccc2)nc1C. The third kappa shape index (κ3) is 3.48. The Balaban J connectivity index is 1.99. The van der Waals surface area contributed by atoms with Crippen LogP contribution in [0.1, 0.15) is 17.1 Å². The molecule has 4 rings (SSSR count). The average Bonchev–Trinajstić information content (AvgIpc) is 2.76. The predicted molar refractivity (Wildman–Crippen MR) is 122 cm³/mol. The van der Waals surface area contributed by atoms with E-state index in [1.54, 1.807) is 0 Å². The van der Waals surface area contributed by atoms with Crippen molar-refractivity contribution in [1.82, 2.24) is 9.97 Å². The summed E-state index contributed by atoms with van der Waals surface area (Å²) in [5.41, 5.74) is 3.07. The van der Waals surface area contributed by atoms with Gasteiger partial charge in [-0.25, -0.2) is 0 Å². The van der Waals surface area contributed by atoms with Gasteiger partial charge in [-0.1, -0.05) is 0 Å². The van der Waals surface area contributed by atoms with E-state index in [4.69, 9.17) is 4.98 Å². The number of hydrogen-bond donors (Lipinski definition) is 0. The molecule has 0 aliphatic carbocycles. The van der Waals surface area contributed by atoms with E-state index in [-0.39, 0.29) is 0 Å². The van der Waals surface area contributed by atoms with Gasteiger partial charge < -0.3 is 0 Å². The van der Waals surface area contributed by atoms with Crippen LogP contribution in [0.25, 0.3) is 0 Å². The molecule has 0 saturated carbocycles. The van der Waals surface area contributed by atoms with Crippen LogP contribution in [0.15, 0.2) is 97.2 Å². The van der Waals surface area contributed by atoms with Crippen LogP contribution in [0.5, 0.6) is 0 Å². The fourth-order valence-corrected chi connectivity index (χ4v) is 8.53. The molecular formula is C25H25N2P. The van der Waals surface area contributed by atoms with Gasteiger partial charge in [0, 0.05) is 0 Å². The fourth-order valence-electron chi connectivity index (χ4n) is 3.92. The molecule has 0 N–H and O–H groups in total. The summed E-state index contributed by atoms with van der Waals surface area (Å²) < 4.78 is 0. The summed E-state index contributed by atoms with van der Waals surface area (Å²) >= 11 is 0. The monoisotopic (exact) mass is 384 g/mol. The number of nitrogens with zero attached hydrogens (tertiary/aromatic N) is 2. The first-order valence-corrected chi connectivity index (χ1v) is 11.9. The second-order valence-corrected chi connectivity index (χ2v) is 11.1. The van der Waals surface area contributed by atoms with Gasteiger partial charge in [-0.15, -0.1) is 0 Å². The van der Waals surface area contributed by atoms with E-state index < -0.39 is 7.26 Å². The Hall–Kier alpha value is -2.83. The van der Waals surface area contributed by atoms with Crippen molar-refractivity contribution < 1.29 is 0 Å². The molecule has 0 aliphatic heterocycles. The van der Waals surface area contributed by atoms with Gasteiger partial charge in [0.15, 0.2) is 0 Å². The number of hydrogen-bond acceptors (Lipinski definition) is 2. The van der Waals surface area contributed by atoms with E-state index >= 15 is 0 Å². The molecule has 140 valence electrons. The van der Waals surface area contributed by atoms with Gasteiger partial charge in [0.05, 0.1) is 0 Å². The molecule has 0 atom stereocenters. The predicted octanol–water partition coefficient (Wildman–Crippen LogP) is 4.32. The Bertz CT molecular complexity index is 951. The van der Waals surface area contributed by atoms with E-state index in [0.29, 0.717) is 0 Å². The van der Waals surface area contributed by atoms with Crippen molar-refractivity contribution in [2.24, 2.45) is 0 Å². The molecule has 0 fully saturated rings. The first kappa shape index (κ1) is 18.5. The molecule has 3 aromatic carbocycles. The molecule has 2 nitrogen and oxygen atoms in total. The maximum atomic E-state index is 4.91. The topological polar surface area (TPSA) is 25.8 Å². The Labute approximate surface area is 167 Å². The van der Waals surface area contributed by atoms with Crippen molar-refractivity contribution in [3.8, 4) is 0 Å². The van der Waals surface area contributed by atoms with E-state index in [1.807, 2.05) is 20.0 Å². The van der Waals surface area contributed by atoms with E-state index in [1.165, 1.54) is 15.9 Å². The van der Waals surface area contributed by atoms with Crippen molar-refractivity contribution in [3.63, 3.8) is 0 Å². The molecule has 4 aromatic rings. The Kier molecular flexibility index (Phi) is 5.32. The quantitative estimate of drug-likeness (QED) is 0.479. The fraction of sp³-hybridized carbons (Fsp3) is 0.120. The van der Waals surface area contributed by atoms with Gasteiger partial charge in [0.2, 0.25) is 0 Å².